The third-order valence-electron chi connectivity index (χ3n) is 5.64. The lowest BCUT2D eigenvalue weighted by Gasteiger charge is -2.21. The van der Waals surface area contributed by atoms with Gasteiger partial charge in [0.05, 0.1) is 25.2 Å². The maximum Gasteiger partial charge on any atom is 0.227 e. The molecule has 10 nitrogen and oxygen atoms in total. The average Bonchev–Trinajstić information content (AvgIpc) is 3.21. The van der Waals surface area contributed by atoms with Crippen LogP contribution in [0.3, 0.4) is 0 Å². The van der Waals surface area contributed by atoms with E-state index in [1.54, 1.807) is 6.33 Å². The summed E-state index contributed by atoms with van der Waals surface area (Å²) in [5.74, 6) is 1.24. The molecule has 3 N–H and O–H groups in total. The molecule has 0 radical (unpaired) electrons. The fraction of sp³-hybridized carbons (Fsp3) is 0.722. The maximum atomic E-state index is 11.8. The maximum absolute atomic E-state index is 11.8. The number of aliphatic hydroxyl groups excluding tert-OH is 1. The minimum atomic E-state index is -3.21. The van der Waals surface area contributed by atoms with Gasteiger partial charge in [0.15, 0.2) is 17.0 Å². The molecule has 29 heavy (non-hydrogen) atoms. The standard InChI is InChI=1S/C18H29N7O3S/c1-11(2)14(9-26)21-18-22-16(20-12-6-7-24(8-12)29(3,27)28)15-17(23-18)25(10-19-15)13-4-5-13/h10-14,26H,4-9H2,1-3H3,(H2,20,21,22,23)/t12-,14-/m0/s1. The molecule has 0 amide bonds. The fourth-order valence-electron chi connectivity index (χ4n) is 3.63. The molecule has 1 aliphatic carbocycles. The van der Waals surface area contributed by atoms with Crippen LogP contribution in [0.1, 0.15) is 39.2 Å². The van der Waals surface area contributed by atoms with E-state index in [0.29, 0.717) is 42.8 Å². The number of hydrogen-bond acceptors (Lipinski definition) is 8. The van der Waals surface area contributed by atoms with Crippen LogP contribution in [0.25, 0.3) is 11.2 Å². The molecular weight excluding hydrogens is 394 g/mol. The van der Waals surface area contributed by atoms with E-state index in [1.807, 2.05) is 13.8 Å². The van der Waals surface area contributed by atoms with E-state index in [2.05, 4.69) is 30.2 Å². The molecule has 160 valence electrons. The highest BCUT2D eigenvalue weighted by Crippen LogP contribution is 2.37. The van der Waals surface area contributed by atoms with Gasteiger partial charge in [-0.25, -0.2) is 17.7 Å². The Morgan fingerprint density at radius 2 is 2.03 bits per heavy atom. The van der Waals surface area contributed by atoms with Crippen molar-refractivity contribution < 1.29 is 13.5 Å². The number of imidazole rings is 1. The third kappa shape index (κ3) is 4.31. The second kappa shape index (κ2) is 7.69. The van der Waals surface area contributed by atoms with Gasteiger partial charge < -0.3 is 20.3 Å². The number of nitrogens with one attached hydrogen (secondary N) is 2. The average molecular weight is 424 g/mol. The van der Waals surface area contributed by atoms with Crippen molar-refractivity contribution in [2.24, 2.45) is 5.92 Å². The molecule has 3 heterocycles. The SMILES string of the molecule is CC(C)[C@H](CO)Nc1nc(N[C@H]2CCN(S(C)(=O)=O)C2)c2ncn(C3CC3)c2n1. The number of anilines is 2. The summed E-state index contributed by atoms with van der Waals surface area (Å²) in [6.45, 7) is 4.93. The molecule has 0 aromatic carbocycles. The number of nitrogens with zero attached hydrogens (tertiary/aromatic N) is 5. The van der Waals surface area contributed by atoms with Crippen molar-refractivity contribution in [3.05, 3.63) is 6.33 Å². The van der Waals surface area contributed by atoms with Gasteiger partial charge in [0.25, 0.3) is 0 Å². The van der Waals surface area contributed by atoms with Gasteiger partial charge in [-0.15, -0.1) is 0 Å². The molecule has 2 fully saturated rings. The smallest absolute Gasteiger partial charge is 0.227 e. The van der Waals surface area contributed by atoms with Crippen LogP contribution >= 0.6 is 0 Å². The van der Waals surface area contributed by atoms with Crippen LogP contribution in [0.5, 0.6) is 0 Å². The van der Waals surface area contributed by atoms with E-state index in [9.17, 15) is 13.5 Å². The van der Waals surface area contributed by atoms with Crippen LogP contribution < -0.4 is 10.6 Å². The van der Waals surface area contributed by atoms with E-state index in [4.69, 9.17) is 0 Å². The van der Waals surface area contributed by atoms with Gasteiger partial charge in [0.2, 0.25) is 16.0 Å². The molecule has 0 bridgehead atoms. The van der Waals surface area contributed by atoms with E-state index in [1.165, 1.54) is 10.6 Å². The first kappa shape index (κ1) is 20.3. The normalized spacial score (nSPS) is 21.8. The van der Waals surface area contributed by atoms with Crippen molar-refractivity contribution in [2.75, 3.05) is 36.6 Å². The lowest BCUT2D eigenvalue weighted by Crippen LogP contribution is -2.32. The van der Waals surface area contributed by atoms with Gasteiger partial charge in [-0.1, -0.05) is 13.8 Å². The van der Waals surface area contributed by atoms with Gasteiger partial charge in [0.1, 0.15) is 0 Å². The van der Waals surface area contributed by atoms with Gasteiger partial charge in [-0.05, 0) is 25.2 Å². The lowest BCUT2D eigenvalue weighted by atomic mass is 10.1. The van der Waals surface area contributed by atoms with Crippen molar-refractivity contribution in [3.8, 4) is 0 Å². The number of hydrogen-bond donors (Lipinski definition) is 3. The largest absolute Gasteiger partial charge is 0.394 e. The fourth-order valence-corrected chi connectivity index (χ4v) is 4.52. The van der Waals surface area contributed by atoms with Gasteiger partial charge in [0, 0.05) is 25.2 Å². The molecule has 2 aromatic rings. The summed E-state index contributed by atoms with van der Waals surface area (Å²) in [5, 5.41) is 16.3. The second-order valence-corrected chi connectivity index (χ2v) is 10.4. The Morgan fingerprint density at radius 3 is 2.62 bits per heavy atom. The Morgan fingerprint density at radius 1 is 1.28 bits per heavy atom. The molecule has 0 unspecified atom stereocenters. The van der Waals surface area contributed by atoms with Gasteiger partial charge in [-0.2, -0.15) is 9.97 Å². The molecule has 4 rings (SSSR count). The Bertz CT molecular complexity index is 987. The molecule has 1 saturated heterocycles. The predicted octanol–water partition coefficient (Wildman–Crippen LogP) is 1.04. The number of rotatable bonds is 8. The predicted molar refractivity (Wildman–Crippen MR) is 111 cm³/mol. The number of aromatic nitrogens is 4. The van der Waals surface area contributed by atoms with Crippen molar-refractivity contribution in [3.63, 3.8) is 0 Å². The summed E-state index contributed by atoms with van der Waals surface area (Å²) in [7, 11) is -3.21. The summed E-state index contributed by atoms with van der Waals surface area (Å²) in [6.07, 6.45) is 5.96. The molecule has 1 aliphatic heterocycles. The van der Waals surface area contributed by atoms with Gasteiger partial charge in [-0.3, -0.25) is 0 Å². The topological polar surface area (TPSA) is 125 Å². The summed E-state index contributed by atoms with van der Waals surface area (Å²) < 4.78 is 27.2. The highest BCUT2D eigenvalue weighted by atomic mass is 32.2. The van der Waals surface area contributed by atoms with E-state index in [-0.39, 0.29) is 24.6 Å². The van der Waals surface area contributed by atoms with Crippen LogP contribution in [0.4, 0.5) is 11.8 Å². The summed E-state index contributed by atoms with van der Waals surface area (Å²) >= 11 is 0. The second-order valence-electron chi connectivity index (χ2n) is 8.38. The summed E-state index contributed by atoms with van der Waals surface area (Å²) in [6, 6.07) is 0.215. The first-order valence-corrected chi connectivity index (χ1v) is 11.9. The molecule has 0 spiro atoms. The van der Waals surface area contributed by atoms with Crippen LogP contribution in [0.15, 0.2) is 6.33 Å². The number of fused-ring (bicyclic) bond motifs is 1. The molecule has 11 heteroatoms. The highest BCUT2D eigenvalue weighted by molar-refractivity contribution is 7.88. The van der Waals surface area contributed by atoms with Crippen molar-refractivity contribution in [1.29, 1.82) is 0 Å². The Hall–Kier alpha value is -1.98. The van der Waals surface area contributed by atoms with Gasteiger partial charge >= 0.3 is 0 Å². The number of sulfonamides is 1. The van der Waals surface area contributed by atoms with E-state index >= 15 is 0 Å². The molecule has 2 atom stereocenters. The molecule has 1 saturated carbocycles. The zero-order chi connectivity index (χ0) is 20.8. The van der Waals surface area contributed by atoms with E-state index < -0.39 is 10.0 Å². The monoisotopic (exact) mass is 423 g/mol. The van der Waals surface area contributed by atoms with Crippen molar-refractivity contribution in [1.82, 2.24) is 23.8 Å². The van der Waals surface area contributed by atoms with Crippen LogP contribution in [-0.4, -0.2) is 75.4 Å². The molecule has 2 aromatic heterocycles. The molecule has 2 aliphatic rings. The lowest BCUT2D eigenvalue weighted by molar-refractivity contribution is 0.248. The minimum absolute atomic E-state index is 0.0182. The summed E-state index contributed by atoms with van der Waals surface area (Å²) in [5.41, 5.74) is 1.44. The number of aliphatic hydroxyl groups is 1. The minimum Gasteiger partial charge on any atom is -0.394 e. The highest BCUT2D eigenvalue weighted by Gasteiger charge is 2.31. The Balaban J connectivity index is 1.65. The van der Waals surface area contributed by atoms with Crippen molar-refractivity contribution >= 4 is 33.0 Å². The quantitative estimate of drug-likeness (QED) is 0.575. The third-order valence-corrected chi connectivity index (χ3v) is 6.91. The first-order valence-electron chi connectivity index (χ1n) is 10.1. The van der Waals surface area contributed by atoms with Crippen LogP contribution in [0, 0.1) is 5.92 Å². The molecular formula is C18H29N7O3S. The zero-order valence-corrected chi connectivity index (χ0v) is 17.9. The Kier molecular flexibility index (Phi) is 5.38. The van der Waals surface area contributed by atoms with E-state index in [0.717, 1.165) is 18.5 Å². The van der Waals surface area contributed by atoms with Crippen molar-refractivity contribution in [2.45, 2.75) is 51.2 Å². The van der Waals surface area contributed by atoms with Crippen LogP contribution in [0.2, 0.25) is 0 Å². The Labute approximate surface area is 170 Å². The van der Waals surface area contributed by atoms with Crippen LogP contribution in [-0.2, 0) is 10.0 Å². The first-order chi connectivity index (χ1) is 13.8. The summed E-state index contributed by atoms with van der Waals surface area (Å²) in [4.78, 5) is 13.8. The zero-order valence-electron chi connectivity index (χ0n) is 17.0.